The number of hydrogen-bond acceptors (Lipinski definition) is 2. The van der Waals surface area contributed by atoms with Crippen molar-refractivity contribution < 1.29 is 4.74 Å². The molecule has 2 aromatic heterocycles. The van der Waals surface area contributed by atoms with E-state index in [1.807, 2.05) is 35.9 Å². The lowest BCUT2D eigenvalue weighted by Gasteiger charge is -2.08. The van der Waals surface area contributed by atoms with Crippen molar-refractivity contribution in [3.63, 3.8) is 0 Å². The Labute approximate surface area is 102 Å². The largest absolute Gasteiger partial charge is 0.490 e. The first-order valence-electron chi connectivity index (χ1n) is 6.24. The van der Waals surface area contributed by atoms with Gasteiger partial charge in [-0.2, -0.15) is 0 Å². The molecule has 0 unspecified atom stereocenters. The molecule has 0 radical (unpaired) electrons. The van der Waals surface area contributed by atoms with Crippen molar-refractivity contribution >= 4 is 5.65 Å². The van der Waals surface area contributed by atoms with Crippen molar-refractivity contribution in [3.8, 4) is 5.75 Å². The molecule has 2 heterocycles. The summed E-state index contributed by atoms with van der Waals surface area (Å²) in [6.45, 7) is 7.23. The second-order valence-corrected chi connectivity index (χ2v) is 4.87. The molecule has 0 aromatic carbocycles. The van der Waals surface area contributed by atoms with Crippen LogP contribution in [0.25, 0.3) is 5.65 Å². The van der Waals surface area contributed by atoms with E-state index in [1.165, 1.54) is 6.42 Å². The first kappa shape index (κ1) is 12.0. The number of rotatable bonds is 5. The van der Waals surface area contributed by atoms with Crippen molar-refractivity contribution in [1.82, 2.24) is 9.38 Å². The number of nitrogens with zero attached hydrogens (tertiary/aromatic N) is 2. The average molecular weight is 232 g/mol. The first-order chi connectivity index (χ1) is 8.16. The Morgan fingerprint density at radius 3 is 3.00 bits per heavy atom. The van der Waals surface area contributed by atoms with Gasteiger partial charge in [-0.15, -0.1) is 0 Å². The van der Waals surface area contributed by atoms with Crippen LogP contribution in [0.1, 0.15) is 32.4 Å². The van der Waals surface area contributed by atoms with E-state index in [-0.39, 0.29) is 0 Å². The van der Waals surface area contributed by atoms with Crippen LogP contribution < -0.4 is 4.74 Å². The molecule has 2 aromatic rings. The standard InChI is InChI=1S/C14H20N2O/c1-11(2)6-5-9-17-13-7-4-8-16-10-12(3)15-14(13)16/h4,7-8,10-11H,5-6,9H2,1-3H3. The minimum Gasteiger partial charge on any atom is -0.490 e. The van der Waals surface area contributed by atoms with Crippen molar-refractivity contribution in [2.24, 2.45) is 5.92 Å². The van der Waals surface area contributed by atoms with E-state index in [2.05, 4.69) is 18.8 Å². The lowest BCUT2D eigenvalue weighted by Crippen LogP contribution is -2.01. The van der Waals surface area contributed by atoms with E-state index in [0.717, 1.165) is 36.0 Å². The van der Waals surface area contributed by atoms with Gasteiger partial charge in [0.25, 0.3) is 0 Å². The fourth-order valence-electron chi connectivity index (χ4n) is 1.90. The van der Waals surface area contributed by atoms with Crippen molar-refractivity contribution in [3.05, 3.63) is 30.2 Å². The maximum absolute atomic E-state index is 5.80. The van der Waals surface area contributed by atoms with Crippen LogP contribution >= 0.6 is 0 Å². The third-order valence-electron chi connectivity index (χ3n) is 2.75. The van der Waals surface area contributed by atoms with Gasteiger partial charge in [-0.25, -0.2) is 4.98 Å². The third-order valence-corrected chi connectivity index (χ3v) is 2.75. The molecule has 92 valence electrons. The summed E-state index contributed by atoms with van der Waals surface area (Å²) in [5.41, 5.74) is 1.93. The van der Waals surface area contributed by atoms with Gasteiger partial charge >= 0.3 is 0 Å². The zero-order chi connectivity index (χ0) is 12.3. The van der Waals surface area contributed by atoms with Crippen LogP contribution in [-0.2, 0) is 0 Å². The summed E-state index contributed by atoms with van der Waals surface area (Å²) in [5, 5.41) is 0. The lowest BCUT2D eigenvalue weighted by molar-refractivity contribution is 0.299. The molecule has 0 amide bonds. The number of aromatic nitrogens is 2. The Morgan fingerprint density at radius 2 is 2.24 bits per heavy atom. The topological polar surface area (TPSA) is 26.5 Å². The molecule has 0 N–H and O–H groups in total. The smallest absolute Gasteiger partial charge is 0.179 e. The van der Waals surface area contributed by atoms with Gasteiger partial charge in [0, 0.05) is 12.4 Å². The molecule has 0 fully saturated rings. The Morgan fingerprint density at radius 1 is 1.41 bits per heavy atom. The predicted octanol–water partition coefficient (Wildman–Crippen LogP) is 3.46. The van der Waals surface area contributed by atoms with E-state index >= 15 is 0 Å². The normalized spacial score (nSPS) is 11.3. The first-order valence-corrected chi connectivity index (χ1v) is 6.24. The number of hydrogen-bond donors (Lipinski definition) is 0. The van der Waals surface area contributed by atoms with Crippen molar-refractivity contribution in [2.75, 3.05) is 6.61 Å². The van der Waals surface area contributed by atoms with Crippen LogP contribution in [0, 0.1) is 12.8 Å². The molecular formula is C14H20N2O. The SMILES string of the molecule is Cc1cn2cccc(OCCCC(C)C)c2n1. The molecule has 0 bridgehead atoms. The fourth-order valence-corrected chi connectivity index (χ4v) is 1.90. The molecule has 0 atom stereocenters. The van der Waals surface area contributed by atoms with Gasteiger partial charge in [-0.3, -0.25) is 0 Å². The molecule has 0 aliphatic rings. The minimum atomic E-state index is 0.739. The van der Waals surface area contributed by atoms with E-state index in [0.29, 0.717) is 0 Å². The molecular weight excluding hydrogens is 212 g/mol. The van der Waals surface area contributed by atoms with Gasteiger partial charge in [0.1, 0.15) is 0 Å². The number of fused-ring (bicyclic) bond motifs is 1. The van der Waals surface area contributed by atoms with Gasteiger partial charge in [-0.05, 0) is 37.8 Å². The molecule has 3 nitrogen and oxygen atoms in total. The number of aryl methyl sites for hydroxylation is 1. The van der Waals surface area contributed by atoms with Gasteiger partial charge in [0.15, 0.2) is 11.4 Å². The van der Waals surface area contributed by atoms with E-state index in [9.17, 15) is 0 Å². The Balaban J connectivity index is 2.03. The second kappa shape index (κ2) is 5.21. The third kappa shape index (κ3) is 2.99. The molecule has 0 spiro atoms. The highest BCUT2D eigenvalue weighted by Gasteiger charge is 2.05. The Kier molecular flexibility index (Phi) is 3.67. The number of imidazole rings is 1. The Hall–Kier alpha value is -1.51. The minimum absolute atomic E-state index is 0.739. The van der Waals surface area contributed by atoms with Crippen molar-refractivity contribution in [1.29, 1.82) is 0 Å². The summed E-state index contributed by atoms with van der Waals surface area (Å²) < 4.78 is 7.81. The average Bonchev–Trinajstić information content (AvgIpc) is 2.65. The highest BCUT2D eigenvalue weighted by Crippen LogP contribution is 2.19. The molecule has 3 heteroatoms. The van der Waals surface area contributed by atoms with Crippen molar-refractivity contribution in [2.45, 2.75) is 33.6 Å². The quantitative estimate of drug-likeness (QED) is 0.738. The van der Waals surface area contributed by atoms with Crippen LogP contribution in [0.3, 0.4) is 0 Å². The van der Waals surface area contributed by atoms with Crippen LogP contribution in [0.2, 0.25) is 0 Å². The number of pyridine rings is 1. The highest BCUT2D eigenvalue weighted by molar-refractivity contribution is 5.54. The monoisotopic (exact) mass is 232 g/mol. The van der Waals surface area contributed by atoms with E-state index < -0.39 is 0 Å². The maximum Gasteiger partial charge on any atom is 0.179 e. The zero-order valence-corrected chi connectivity index (χ0v) is 10.8. The van der Waals surface area contributed by atoms with E-state index in [4.69, 9.17) is 4.74 Å². The highest BCUT2D eigenvalue weighted by atomic mass is 16.5. The molecule has 0 aliphatic carbocycles. The molecule has 0 saturated carbocycles. The summed E-state index contributed by atoms with van der Waals surface area (Å²) in [5.74, 6) is 1.62. The zero-order valence-electron chi connectivity index (χ0n) is 10.8. The number of ether oxygens (including phenoxy) is 1. The maximum atomic E-state index is 5.80. The van der Waals surface area contributed by atoms with Crippen LogP contribution in [-0.4, -0.2) is 16.0 Å². The van der Waals surface area contributed by atoms with Crippen LogP contribution in [0.5, 0.6) is 5.75 Å². The molecule has 0 aliphatic heterocycles. The summed E-state index contributed by atoms with van der Waals surface area (Å²) >= 11 is 0. The second-order valence-electron chi connectivity index (χ2n) is 4.87. The molecule has 0 saturated heterocycles. The summed E-state index contributed by atoms with van der Waals surface area (Å²) in [6.07, 6.45) is 6.31. The summed E-state index contributed by atoms with van der Waals surface area (Å²) in [6, 6.07) is 3.98. The van der Waals surface area contributed by atoms with Crippen LogP contribution in [0.15, 0.2) is 24.5 Å². The van der Waals surface area contributed by atoms with Crippen LogP contribution in [0.4, 0.5) is 0 Å². The molecule has 2 rings (SSSR count). The van der Waals surface area contributed by atoms with Gasteiger partial charge in [0.05, 0.1) is 12.3 Å². The van der Waals surface area contributed by atoms with Gasteiger partial charge < -0.3 is 9.14 Å². The van der Waals surface area contributed by atoms with Gasteiger partial charge in [-0.1, -0.05) is 13.8 Å². The van der Waals surface area contributed by atoms with Gasteiger partial charge in [0.2, 0.25) is 0 Å². The van der Waals surface area contributed by atoms with E-state index in [1.54, 1.807) is 0 Å². The lowest BCUT2D eigenvalue weighted by atomic mass is 10.1. The predicted molar refractivity (Wildman–Crippen MR) is 69.5 cm³/mol. The Bertz CT molecular complexity index is 488. The summed E-state index contributed by atoms with van der Waals surface area (Å²) in [4.78, 5) is 4.46. The fraction of sp³-hybridized carbons (Fsp3) is 0.500. The summed E-state index contributed by atoms with van der Waals surface area (Å²) in [7, 11) is 0. The molecule has 17 heavy (non-hydrogen) atoms.